The van der Waals surface area contributed by atoms with Crippen molar-refractivity contribution in [3.05, 3.63) is 23.9 Å². The lowest BCUT2D eigenvalue weighted by Crippen LogP contribution is -1.91. The van der Waals surface area contributed by atoms with Gasteiger partial charge in [-0.2, -0.15) is 0 Å². The summed E-state index contributed by atoms with van der Waals surface area (Å²) >= 11 is 0. The molecule has 0 saturated carbocycles. The van der Waals surface area contributed by atoms with Crippen molar-refractivity contribution in [1.82, 2.24) is 4.98 Å². The highest BCUT2D eigenvalue weighted by Gasteiger charge is 2.17. The van der Waals surface area contributed by atoms with Gasteiger partial charge in [0.25, 0.3) is 5.91 Å². The zero-order valence-electron chi connectivity index (χ0n) is 6.11. The summed E-state index contributed by atoms with van der Waals surface area (Å²) in [7, 11) is 0. The summed E-state index contributed by atoms with van der Waals surface area (Å²) < 4.78 is 0. The van der Waals surface area contributed by atoms with E-state index in [0.717, 1.165) is 0 Å². The highest BCUT2D eigenvalue weighted by Crippen LogP contribution is 2.25. The van der Waals surface area contributed by atoms with Gasteiger partial charge in [0.15, 0.2) is 5.88 Å². The first-order valence-electron chi connectivity index (χ1n) is 3.44. The first-order valence-corrected chi connectivity index (χ1v) is 3.44. The Morgan fingerprint density at radius 1 is 1.50 bits per heavy atom. The Bertz CT molecular complexity index is 388. The van der Waals surface area contributed by atoms with Crippen LogP contribution in [0.4, 0.5) is 0 Å². The van der Waals surface area contributed by atoms with Crippen molar-refractivity contribution in [1.29, 1.82) is 0 Å². The van der Waals surface area contributed by atoms with E-state index in [1.807, 2.05) is 0 Å². The lowest BCUT2D eigenvalue weighted by Gasteiger charge is -1.95. The van der Waals surface area contributed by atoms with Crippen molar-refractivity contribution in [2.45, 2.75) is 0 Å². The molecule has 0 spiro atoms. The second-order valence-electron chi connectivity index (χ2n) is 2.40. The van der Waals surface area contributed by atoms with Crippen LogP contribution < -0.4 is 0 Å². The van der Waals surface area contributed by atoms with Gasteiger partial charge in [-0.3, -0.25) is 4.79 Å². The summed E-state index contributed by atoms with van der Waals surface area (Å²) in [6.45, 7) is 0. The molecular formula is C8H6N2O2. The maximum absolute atomic E-state index is 11.0. The van der Waals surface area contributed by atoms with E-state index < -0.39 is 0 Å². The highest BCUT2D eigenvalue weighted by molar-refractivity contribution is 6.29. The van der Waals surface area contributed by atoms with E-state index in [0.29, 0.717) is 11.1 Å². The van der Waals surface area contributed by atoms with E-state index in [2.05, 4.69) is 9.98 Å². The zero-order valence-corrected chi connectivity index (χ0v) is 6.11. The van der Waals surface area contributed by atoms with Crippen LogP contribution in [-0.2, 0) is 4.79 Å². The topological polar surface area (TPSA) is 65.5 Å². The molecule has 0 radical (unpaired) electrons. The van der Waals surface area contributed by atoms with Gasteiger partial charge in [0.1, 0.15) is 0 Å². The molecule has 1 amide bonds. The molecule has 1 aliphatic rings. The van der Waals surface area contributed by atoms with Crippen LogP contribution in [0.2, 0.25) is 0 Å². The Morgan fingerprint density at radius 3 is 2.83 bits per heavy atom. The van der Waals surface area contributed by atoms with Crippen molar-refractivity contribution < 1.29 is 9.90 Å². The van der Waals surface area contributed by atoms with Crippen molar-refractivity contribution in [2.24, 2.45) is 4.99 Å². The van der Waals surface area contributed by atoms with Crippen LogP contribution in [0, 0.1) is 0 Å². The van der Waals surface area contributed by atoms with Gasteiger partial charge in [0.2, 0.25) is 0 Å². The third-order valence-corrected chi connectivity index (χ3v) is 1.68. The van der Waals surface area contributed by atoms with Crippen molar-refractivity contribution in [3.8, 4) is 5.88 Å². The van der Waals surface area contributed by atoms with E-state index in [-0.39, 0.29) is 11.8 Å². The largest absolute Gasteiger partial charge is 0.494 e. The second-order valence-corrected chi connectivity index (χ2v) is 2.40. The van der Waals surface area contributed by atoms with Gasteiger partial charge in [-0.25, -0.2) is 4.99 Å². The Kier molecular flexibility index (Phi) is 1.33. The van der Waals surface area contributed by atoms with Crippen LogP contribution in [0.25, 0.3) is 5.57 Å². The minimum absolute atomic E-state index is 0.0000926. The van der Waals surface area contributed by atoms with Crippen molar-refractivity contribution >= 4 is 17.7 Å². The average molecular weight is 162 g/mol. The molecule has 2 N–H and O–H groups in total. The van der Waals surface area contributed by atoms with E-state index in [1.54, 1.807) is 18.3 Å². The molecule has 1 aromatic heterocycles. The first kappa shape index (κ1) is 6.84. The molecule has 0 saturated heterocycles. The molecule has 60 valence electrons. The number of H-pyrrole nitrogens is 1. The maximum atomic E-state index is 11.0. The quantitative estimate of drug-likeness (QED) is 0.638. The second kappa shape index (κ2) is 2.34. The summed E-state index contributed by atoms with van der Waals surface area (Å²) in [5.41, 5.74) is 0.922. The molecule has 1 aromatic rings. The third-order valence-electron chi connectivity index (χ3n) is 1.68. The number of hydrogen-bond donors (Lipinski definition) is 2. The fourth-order valence-electron chi connectivity index (χ4n) is 1.10. The lowest BCUT2D eigenvalue weighted by molar-refractivity contribution is -0.112. The van der Waals surface area contributed by atoms with E-state index in [4.69, 9.17) is 0 Å². The van der Waals surface area contributed by atoms with Gasteiger partial charge in [0.05, 0.1) is 5.57 Å². The van der Waals surface area contributed by atoms with Gasteiger partial charge >= 0.3 is 0 Å². The lowest BCUT2D eigenvalue weighted by atomic mass is 10.1. The van der Waals surface area contributed by atoms with Gasteiger partial charge in [-0.05, 0) is 12.1 Å². The summed E-state index contributed by atoms with van der Waals surface area (Å²) in [6.07, 6.45) is 4.56. The van der Waals surface area contributed by atoms with Crippen molar-refractivity contribution in [3.63, 3.8) is 0 Å². The number of amides is 1. The SMILES string of the molecule is O=C1N=CC=C1c1cc[nH]c1O. The third kappa shape index (κ3) is 0.852. The predicted octanol–water partition coefficient (Wildman–Crippen LogP) is 0.715. The highest BCUT2D eigenvalue weighted by atomic mass is 16.3. The number of nitrogens with one attached hydrogen (secondary N) is 1. The number of carbonyl (C=O) groups is 1. The normalized spacial score (nSPS) is 15.3. The number of hydrogen-bond acceptors (Lipinski definition) is 2. The average Bonchev–Trinajstić information content (AvgIpc) is 2.59. The number of aromatic amines is 1. The van der Waals surface area contributed by atoms with Crippen LogP contribution in [0.3, 0.4) is 0 Å². The van der Waals surface area contributed by atoms with Crippen LogP contribution in [0.15, 0.2) is 23.3 Å². The molecule has 12 heavy (non-hydrogen) atoms. The number of allylic oxidation sites excluding steroid dienone is 1. The standard InChI is InChI=1S/C8H6N2O2/c11-7-5(1-3-9-7)6-2-4-10-8(6)12/h1-4,9,11H. The molecule has 0 fully saturated rings. The van der Waals surface area contributed by atoms with Crippen LogP contribution in [-0.4, -0.2) is 22.2 Å². The summed E-state index contributed by atoms with van der Waals surface area (Å²) in [5, 5.41) is 9.22. The molecule has 1 aliphatic heterocycles. The molecule has 0 aromatic carbocycles. The first-order chi connectivity index (χ1) is 5.79. The minimum atomic E-state index is -0.315. The van der Waals surface area contributed by atoms with Crippen molar-refractivity contribution in [2.75, 3.05) is 0 Å². The molecule has 2 rings (SSSR count). The number of aromatic nitrogens is 1. The molecule has 2 heterocycles. The Balaban J connectivity index is 2.46. The fraction of sp³-hybridized carbons (Fsp3) is 0. The number of aliphatic imine (C=N–C) groups is 1. The molecule has 0 aliphatic carbocycles. The Morgan fingerprint density at radius 2 is 2.33 bits per heavy atom. The van der Waals surface area contributed by atoms with Crippen LogP contribution in [0.1, 0.15) is 5.56 Å². The number of nitrogens with zero attached hydrogens (tertiary/aromatic N) is 1. The number of aromatic hydroxyl groups is 1. The van der Waals surface area contributed by atoms with Gasteiger partial charge in [-0.1, -0.05) is 0 Å². The summed E-state index contributed by atoms with van der Waals surface area (Å²) in [4.78, 5) is 17.1. The smallest absolute Gasteiger partial charge is 0.277 e. The van der Waals surface area contributed by atoms with Crippen LogP contribution >= 0.6 is 0 Å². The maximum Gasteiger partial charge on any atom is 0.277 e. The predicted molar refractivity (Wildman–Crippen MR) is 43.9 cm³/mol. The van der Waals surface area contributed by atoms with E-state index in [1.165, 1.54) is 6.21 Å². The monoisotopic (exact) mass is 162 g/mol. The molecule has 0 atom stereocenters. The molecule has 4 heteroatoms. The van der Waals surface area contributed by atoms with Crippen LogP contribution in [0.5, 0.6) is 5.88 Å². The summed E-state index contributed by atoms with van der Waals surface area (Å²) in [5.74, 6) is -0.315. The van der Waals surface area contributed by atoms with Gasteiger partial charge in [-0.15, -0.1) is 0 Å². The molecule has 0 unspecified atom stereocenters. The van der Waals surface area contributed by atoms with E-state index >= 15 is 0 Å². The van der Waals surface area contributed by atoms with Gasteiger partial charge < -0.3 is 10.1 Å². The fourth-order valence-corrected chi connectivity index (χ4v) is 1.10. The number of rotatable bonds is 1. The Labute approximate surface area is 68.3 Å². The Hall–Kier alpha value is -1.84. The number of carbonyl (C=O) groups excluding carboxylic acids is 1. The van der Waals surface area contributed by atoms with Gasteiger partial charge in [0, 0.05) is 18.0 Å². The zero-order chi connectivity index (χ0) is 8.55. The molecular weight excluding hydrogens is 156 g/mol. The molecule has 4 nitrogen and oxygen atoms in total. The minimum Gasteiger partial charge on any atom is -0.494 e. The molecule has 0 bridgehead atoms. The summed E-state index contributed by atoms with van der Waals surface area (Å²) in [6, 6.07) is 1.63. The van der Waals surface area contributed by atoms with E-state index in [9.17, 15) is 9.90 Å².